The lowest BCUT2D eigenvalue weighted by atomic mass is 10.2. The Bertz CT molecular complexity index is 409. The van der Waals surface area contributed by atoms with Crippen molar-refractivity contribution in [3.05, 3.63) is 17.5 Å². The largest absolute Gasteiger partial charge is 0.390 e. The van der Waals surface area contributed by atoms with E-state index in [1.165, 1.54) is 0 Å². The van der Waals surface area contributed by atoms with Crippen LogP contribution in [0.5, 0.6) is 0 Å². The second kappa shape index (κ2) is 6.33. The van der Waals surface area contributed by atoms with Crippen LogP contribution in [0.1, 0.15) is 11.4 Å². The minimum absolute atomic E-state index is 0.150. The van der Waals surface area contributed by atoms with Crippen LogP contribution in [0.3, 0.4) is 0 Å². The Hall–Kier alpha value is -1.15. The molecule has 110 valence electrons. The summed E-state index contributed by atoms with van der Waals surface area (Å²) in [4.78, 5) is 0. The summed E-state index contributed by atoms with van der Waals surface area (Å²) in [5.41, 5.74) is 1.46. The van der Waals surface area contributed by atoms with E-state index in [1.54, 1.807) is 24.7 Å². The minimum atomic E-state index is -4.19. The molecule has 0 radical (unpaired) electrons. The number of aromatic nitrogens is 2. The summed E-state index contributed by atoms with van der Waals surface area (Å²) < 4.78 is 54.7. The highest BCUT2D eigenvalue weighted by Gasteiger charge is 2.41. The first-order valence-electron chi connectivity index (χ1n) is 5.63. The summed E-state index contributed by atoms with van der Waals surface area (Å²) >= 11 is 0. The number of alkyl halides is 4. The topological polar surface area (TPSA) is 47.3 Å². The number of aliphatic hydroxyl groups is 1. The van der Waals surface area contributed by atoms with Crippen molar-refractivity contribution in [1.29, 1.82) is 0 Å². The van der Waals surface area contributed by atoms with Gasteiger partial charge in [-0.15, -0.1) is 0 Å². The number of hydrogen-bond acceptors (Lipinski definition) is 3. The maximum atomic E-state index is 12.5. The zero-order chi connectivity index (χ0) is 14.6. The molecule has 4 nitrogen and oxygen atoms in total. The molecule has 0 aliphatic rings. The van der Waals surface area contributed by atoms with Crippen molar-refractivity contribution in [3.63, 3.8) is 0 Å². The van der Waals surface area contributed by atoms with E-state index in [-0.39, 0.29) is 6.42 Å². The van der Waals surface area contributed by atoms with Gasteiger partial charge in [-0.05, 0) is 13.0 Å². The maximum Gasteiger partial charge on any atom is 0.330 e. The van der Waals surface area contributed by atoms with Gasteiger partial charge in [0.1, 0.15) is 6.61 Å². The molecule has 1 aromatic rings. The summed E-state index contributed by atoms with van der Waals surface area (Å²) in [6.45, 7) is -0.0751. The number of nitrogens with zero attached hydrogens (tertiary/aromatic N) is 2. The normalized spacial score (nSPS) is 14.1. The molecule has 0 spiro atoms. The third kappa shape index (κ3) is 4.79. The van der Waals surface area contributed by atoms with Gasteiger partial charge in [-0.3, -0.25) is 4.68 Å². The van der Waals surface area contributed by atoms with Gasteiger partial charge in [-0.2, -0.15) is 13.9 Å². The number of rotatable bonds is 7. The first-order valence-corrected chi connectivity index (χ1v) is 5.63. The molecule has 1 rings (SSSR count). The molecule has 0 aliphatic carbocycles. The predicted octanol–water partition coefficient (Wildman–Crippen LogP) is 1.55. The SMILES string of the molecule is Cc1cc(CC(O)COCC(F)(F)C(F)F)n(C)n1. The van der Waals surface area contributed by atoms with Crippen molar-refractivity contribution >= 4 is 0 Å². The fourth-order valence-electron chi connectivity index (χ4n) is 1.55. The Morgan fingerprint density at radius 1 is 1.47 bits per heavy atom. The van der Waals surface area contributed by atoms with E-state index in [9.17, 15) is 22.7 Å². The summed E-state index contributed by atoms with van der Waals surface area (Å²) in [7, 11) is 1.68. The van der Waals surface area contributed by atoms with Crippen LogP contribution in [0.15, 0.2) is 6.07 Å². The van der Waals surface area contributed by atoms with Crippen molar-refractivity contribution in [2.75, 3.05) is 13.2 Å². The Morgan fingerprint density at radius 3 is 2.58 bits per heavy atom. The van der Waals surface area contributed by atoms with Crippen LogP contribution in [0, 0.1) is 6.92 Å². The lowest BCUT2D eigenvalue weighted by Crippen LogP contribution is -2.34. The van der Waals surface area contributed by atoms with E-state index < -0.39 is 31.7 Å². The zero-order valence-electron chi connectivity index (χ0n) is 10.6. The molecule has 0 aliphatic heterocycles. The van der Waals surface area contributed by atoms with Crippen molar-refractivity contribution in [1.82, 2.24) is 9.78 Å². The van der Waals surface area contributed by atoms with Crippen molar-refractivity contribution in [2.24, 2.45) is 7.05 Å². The molecule has 0 bridgehead atoms. The van der Waals surface area contributed by atoms with E-state index in [1.807, 2.05) is 0 Å². The van der Waals surface area contributed by atoms with Gasteiger partial charge in [-0.25, -0.2) is 8.78 Å². The molecular formula is C11H16F4N2O2. The number of hydrogen-bond donors (Lipinski definition) is 1. The predicted molar refractivity (Wildman–Crippen MR) is 59.4 cm³/mol. The van der Waals surface area contributed by atoms with Gasteiger partial charge in [0.25, 0.3) is 0 Å². The first kappa shape index (κ1) is 15.9. The molecule has 0 amide bonds. The number of aryl methyl sites for hydroxylation is 2. The van der Waals surface area contributed by atoms with E-state index in [4.69, 9.17) is 0 Å². The van der Waals surface area contributed by atoms with Gasteiger partial charge in [0, 0.05) is 19.2 Å². The number of ether oxygens (including phenoxy) is 1. The van der Waals surface area contributed by atoms with Crippen molar-refractivity contribution in [2.45, 2.75) is 31.8 Å². The van der Waals surface area contributed by atoms with Crippen LogP contribution < -0.4 is 0 Å². The summed E-state index contributed by atoms with van der Waals surface area (Å²) in [6, 6.07) is 1.73. The molecule has 0 aromatic carbocycles. The van der Waals surface area contributed by atoms with Crippen molar-refractivity contribution < 1.29 is 27.4 Å². The molecule has 0 fully saturated rings. The van der Waals surface area contributed by atoms with Crippen LogP contribution in [-0.2, 0) is 18.2 Å². The Kier molecular flexibility index (Phi) is 5.30. The molecular weight excluding hydrogens is 268 g/mol. The van der Waals surface area contributed by atoms with Crippen molar-refractivity contribution in [3.8, 4) is 0 Å². The lowest BCUT2D eigenvalue weighted by Gasteiger charge is -2.17. The third-order valence-electron chi connectivity index (χ3n) is 2.47. The highest BCUT2D eigenvalue weighted by molar-refractivity contribution is 5.09. The van der Waals surface area contributed by atoms with E-state index in [0.29, 0.717) is 5.69 Å². The first-order chi connectivity index (χ1) is 8.72. The van der Waals surface area contributed by atoms with Gasteiger partial charge in [-0.1, -0.05) is 0 Å². The molecule has 8 heteroatoms. The maximum absolute atomic E-state index is 12.5. The van der Waals surface area contributed by atoms with E-state index in [2.05, 4.69) is 9.84 Å². The smallest absolute Gasteiger partial charge is 0.330 e. The van der Waals surface area contributed by atoms with Gasteiger partial charge in [0.2, 0.25) is 0 Å². The molecule has 1 heterocycles. The van der Waals surface area contributed by atoms with Gasteiger partial charge in [0.05, 0.1) is 18.4 Å². The van der Waals surface area contributed by atoms with Gasteiger partial charge < -0.3 is 9.84 Å². The van der Waals surface area contributed by atoms with Crippen LogP contribution in [0.2, 0.25) is 0 Å². The summed E-state index contributed by atoms with van der Waals surface area (Å²) in [6.07, 6.45) is -4.68. The zero-order valence-corrected chi connectivity index (χ0v) is 10.6. The molecule has 1 atom stereocenters. The average Bonchev–Trinajstić information content (AvgIpc) is 2.56. The van der Waals surface area contributed by atoms with Crippen LogP contribution in [0.4, 0.5) is 17.6 Å². The Labute approximate surface area is 108 Å². The standard InChI is InChI=1S/C11H16F4N2O2/c1-7-3-8(17(2)16-7)4-9(18)5-19-6-11(14,15)10(12)13/h3,9-10,18H,4-6H2,1-2H3. The van der Waals surface area contributed by atoms with Gasteiger partial charge >= 0.3 is 12.3 Å². The second-order valence-corrected chi connectivity index (χ2v) is 4.34. The number of halogens is 4. The quantitative estimate of drug-likeness (QED) is 0.773. The highest BCUT2D eigenvalue weighted by Crippen LogP contribution is 2.22. The molecule has 1 N–H and O–H groups in total. The highest BCUT2D eigenvalue weighted by atomic mass is 19.3. The van der Waals surface area contributed by atoms with E-state index in [0.717, 1.165) is 5.69 Å². The molecule has 0 saturated carbocycles. The Morgan fingerprint density at radius 2 is 2.11 bits per heavy atom. The van der Waals surface area contributed by atoms with Crippen LogP contribution in [0.25, 0.3) is 0 Å². The third-order valence-corrected chi connectivity index (χ3v) is 2.47. The average molecular weight is 284 g/mol. The monoisotopic (exact) mass is 284 g/mol. The lowest BCUT2D eigenvalue weighted by molar-refractivity contribution is -0.170. The molecule has 1 aromatic heterocycles. The van der Waals surface area contributed by atoms with Crippen LogP contribution in [-0.4, -0.2) is 46.6 Å². The fraction of sp³-hybridized carbons (Fsp3) is 0.727. The van der Waals surface area contributed by atoms with E-state index >= 15 is 0 Å². The minimum Gasteiger partial charge on any atom is -0.390 e. The fourth-order valence-corrected chi connectivity index (χ4v) is 1.55. The summed E-state index contributed by atoms with van der Waals surface area (Å²) in [5.74, 6) is -4.19. The molecule has 19 heavy (non-hydrogen) atoms. The molecule has 0 saturated heterocycles. The second-order valence-electron chi connectivity index (χ2n) is 4.34. The molecule has 1 unspecified atom stereocenters. The van der Waals surface area contributed by atoms with Crippen LogP contribution >= 0.6 is 0 Å². The number of aliphatic hydroxyl groups excluding tert-OH is 1. The Balaban J connectivity index is 2.36. The summed E-state index contributed by atoms with van der Waals surface area (Å²) in [5, 5.41) is 13.6. The van der Waals surface area contributed by atoms with Gasteiger partial charge in [0.15, 0.2) is 0 Å².